The van der Waals surface area contributed by atoms with Gasteiger partial charge in [0.25, 0.3) is 0 Å². The highest BCUT2D eigenvalue weighted by molar-refractivity contribution is 7.80. The Morgan fingerprint density at radius 3 is 2.62 bits per heavy atom. The van der Waals surface area contributed by atoms with E-state index in [0.29, 0.717) is 12.1 Å². The molecule has 0 aliphatic heterocycles. The average molecular weight is 331 g/mol. The first-order valence-electron chi connectivity index (χ1n) is 5.89. The molecule has 0 saturated heterocycles. The molecule has 2 N–H and O–H groups in total. The van der Waals surface area contributed by atoms with Gasteiger partial charge in [0.1, 0.15) is 16.5 Å². The van der Waals surface area contributed by atoms with Gasteiger partial charge in [0.05, 0.1) is 5.56 Å². The highest BCUT2D eigenvalue weighted by atomic mass is 32.1. The quantitative estimate of drug-likeness (QED) is 0.872. The van der Waals surface area contributed by atoms with E-state index in [1.54, 1.807) is 11.9 Å². The van der Waals surface area contributed by atoms with E-state index in [1.807, 2.05) is 16.8 Å². The Morgan fingerprint density at radius 1 is 1.38 bits per heavy atom. The Labute approximate surface area is 129 Å². The maximum Gasteiger partial charge on any atom is 0.433 e. The van der Waals surface area contributed by atoms with Crippen molar-refractivity contribution in [1.29, 1.82) is 0 Å². The molecule has 0 amide bonds. The molecule has 2 rings (SSSR count). The van der Waals surface area contributed by atoms with E-state index in [9.17, 15) is 13.2 Å². The number of thiophene rings is 1. The molecule has 0 bridgehead atoms. The Balaban J connectivity index is 2.40. The van der Waals surface area contributed by atoms with Crippen LogP contribution in [0.3, 0.4) is 0 Å². The lowest BCUT2D eigenvalue weighted by molar-refractivity contribution is -0.141. The van der Waals surface area contributed by atoms with E-state index >= 15 is 0 Å². The van der Waals surface area contributed by atoms with Gasteiger partial charge in [-0.1, -0.05) is 12.2 Å². The zero-order valence-corrected chi connectivity index (χ0v) is 12.6. The number of halogens is 3. The summed E-state index contributed by atoms with van der Waals surface area (Å²) in [6, 6.07) is 4.04. The minimum atomic E-state index is -4.51. The topological polar surface area (TPSA) is 42.2 Å². The molecule has 0 atom stereocenters. The van der Waals surface area contributed by atoms with Gasteiger partial charge in [0, 0.05) is 13.6 Å². The van der Waals surface area contributed by atoms with Crippen molar-refractivity contribution in [2.75, 3.05) is 11.9 Å². The van der Waals surface area contributed by atoms with Crippen molar-refractivity contribution in [3.63, 3.8) is 0 Å². The second kappa shape index (κ2) is 5.98. The van der Waals surface area contributed by atoms with Crippen molar-refractivity contribution in [1.82, 2.24) is 4.98 Å². The van der Waals surface area contributed by atoms with E-state index in [-0.39, 0.29) is 10.8 Å². The van der Waals surface area contributed by atoms with Crippen LogP contribution in [0.25, 0.3) is 0 Å². The van der Waals surface area contributed by atoms with Crippen molar-refractivity contribution < 1.29 is 13.2 Å². The highest BCUT2D eigenvalue weighted by Gasteiger charge is 2.33. The number of alkyl halides is 3. The summed E-state index contributed by atoms with van der Waals surface area (Å²) < 4.78 is 38.4. The number of pyridine rings is 1. The van der Waals surface area contributed by atoms with Gasteiger partial charge in [-0.2, -0.15) is 24.5 Å². The molecule has 0 unspecified atom stereocenters. The number of rotatable bonds is 4. The van der Waals surface area contributed by atoms with E-state index in [2.05, 4.69) is 4.98 Å². The van der Waals surface area contributed by atoms with Crippen LogP contribution in [-0.2, 0) is 12.7 Å². The molecule has 0 spiro atoms. The first-order chi connectivity index (χ1) is 9.79. The maximum absolute atomic E-state index is 12.8. The summed E-state index contributed by atoms with van der Waals surface area (Å²) in [5.74, 6) is 0.128. The number of thiocarbonyl (C=S) groups is 1. The molecular formula is C13H12F3N3S2. The minimum absolute atomic E-state index is 0.0170. The Morgan fingerprint density at radius 2 is 2.10 bits per heavy atom. The zero-order valence-electron chi connectivity index (χ0n) is 11.0. The average Bonchev–Trinajstić information content (AvgIpc) is 2.89. The molecule has 0 radical (unpaired) electrons. The fourth-order valence-electron chi connectivity index (χ4n) is 1.82. The van der Waals surface area contributed by atoms with Crippen LogP contribution in [0, 0.1) is 0 Å². The monoisotopic (exact) mass is 331 g/mol. The van der Waals surface area contributed by atoms with Crippen LogP contribution in [0.5, 0.6) is 0 Å². The lowest BCUT2D eigenvalue weighted by Crippen LogP contribution is -2.24. The molecule has 2 heterocycles. The second-order valence-electron chi connectivity index (χ2n) is 4.42. The van der Waals surface area contributed by atoms with E-state index < -0.39 is 11.9 Å². The number of nitrogens with two attached hydrogens (primary N) is 1. The number of hydrogen-bond donors (Lipinski definition) is 1. The number of aromatic nitrogens is 1. The third-order valence-electron chi connectivity index (χ3n) is 2.79. The molecule has 2 aromatic rings. The van der Waals surface area contributed by atoms with Crippen LogP contribution in [0.4, 0.5) is 19.0 Å². The Hall–Kier alpha value is -1.67. The van der Waals surface area contributed by atoms with Crippen molar-refractivity contribution in [3.05, 3.63) is 45.8 Å². The molecule has 2 aromatic heterocycles. The molecule has 3 nitrogen and oxygen atoms in total. The van der Waals surface area contributed by atoms with E-state index in [0.717, 1.165) is 11.6 Å². The van der Waals surface area contributed by atoms with Gasteiger partial charge in [-0.25, -0.2) is 4.98 Å². The summed E-state index contributed by atoms with van der Waals surface area (Å²) in [4.78, 5) is 5.30. The van der Waals surface area contributed by atoms with Gasteiger partial charge in [0.15, 0.2) is 0 Å². The molecule has 0 saturated carbocycles. The molecule has 112 valence electrons. The minimum Gasteiger partial charge on any atom is -0.389 e. The van der Waals surface area contributed by atoms with E-state index in [4.69, 9.17) is 18.0 Å². The third-order valence-corrected chi connectivity index (χ3v) is 3.74. The van der Waals surface area contributed by atoms with Gasteiger partial charge in [-0.3, -0.25) is 0 Å². The molecule has 21 heavy (non-hydrogen) atoms. The summed E-state index contributed by atoms with van der Waals surface area (Å²) in [7, 11) is 1.65. The molecule has 0 aliphatic carbocycles. The highest BCUT2D eigenvalue weighted by Crippen LogP contribution is 2.30. The normalized spacial score (nSPS) is 11.4. The fourth-order valence-corrected chi connectivity index (χ4v) is 2.64. The third kappa shape index (κ3) is 3.70. The largest absolute Gasteiger partial charge is 0.433 e. The summed E-state index contributed by atoms with van der Waals surface area (Å²) in [6.45, 7) is 0.424. The SMILES string of the molecule is CN(Cc1ccsc1)c1nc(C(F)(F)F)ccc1C(N)=S. The van der Waals surface area contributed by atoms with Crippen LogP contribution < -0.4 is 10.6 Å². The van der Waals surface area contributed by atoms with Crippen LogP contribution in [0.15, 0.2) is 29.0 Å². The predicted molar refractivity (Wildman–Crippen MR) is 81.6 cm³/mol. The molecule has 0 aromatic carbocycles. The summed E-state index contributed by atoms with van der Waals surface area (Å²) in [6.07, 6.45) is -4.51. The first kappa shape index (κ1) is 15.7. The zero-order chi connectivity index (χ0) is 15.6. The Kier molecular flexibility index (Phi) is 4.48. The molecule has 0 aliphatic rings. The molecular weight excluding hydrogens is 319 g/mol. The first-order valence-corrected chi connectivity index (χ1v) is 7.24. The van der Waals surface area contributed by atoms with Crippen molar-refractivity contribution >= 4 is 34.4 Å². The van der Waals surface area contributed by atoms with Gasteiger partial charge < -0.3 is 10.6 Å². The molecule has 0 fully saturated rings. The lowest BCUT2D eigenvalue weighted by Gasteiger charge is -2.21. The molecule has 8 heteroatoms. The van der Waals surface area contributed by atoms with Crippen LogP contribution in [0.2, 0.25) is 0 Å². The fraction of sp³-hybridized carbons (Fsp3) is 0.231. The Bertz CT molecular complexity index is 639. The van der Waals surface area contributed by atoms with Crippen molar-refractivity contribution in [2.45, 2.75) is 12.7 Å². The number of anilines is 1. The van der Waals surface area contributed by atoms with E-state index in [1.165, 1.54) is 17.4 Å². The predicted octanol–water partition coefficient (Wildman–Crippen LogP) is 3.43. The number of hydrogen-bond acceptors (Lipinski definition) is 4. The van der Waals surface area contributed by atoms with Gasteiger partial charge in [-0.15, -0.1) is 0 Å². The van der Waals surface area contributed by atoms with Gasteiger partial charge in [-0.05, 0) is 34.5 Å². The van der Waals surface area contributed by atoms with Crippen molar-refractivity contribution in [2.24, 2.45) is 5.73 Å². The lowest BCUT2D eigenvalue weighted by atomic mass is 10.2. The second-order valence-corrected chi connectivity index (χ2v) is 5.64. The summed E-state index contributed by atoms with van der Waals surface area (Å²) in [5, 5.41) is 3.82. The van der Waals surface area contributed by atoms with Crippen LogP contribution in [0.1, 0.15) is 16.8 Å². The summed E-state index contributed by atoms with van der Waals surface area (Å²) >= 11 is 6.40. The summed E-state index contributed by atoms with van der Waals surface area (Å²) in [5.41, 5.74) is 5.92. The van der Waals surface area contributed by atoms with Crippen LogP contribution in [-0.4, -0.2) is 17.0 Å². The van der Waals surface area contributed by atoms with Gasteiger partial charge >= 0.3 is 6.18 Å². The van der Waals surface area contributed by atoms with Crippen molar-refractivity contribution in [3.8, 4) is 0 Å². The van der Waals surface area contributed by atoms with Crippen LogP contribution >= 0.6 is 23.6 Å². The van der Waals surface area contributed by atoms with Gasteiger partial charge in [0.2, 0.25) is 0 Å². The standard InChI is InChI=1S/C13H12F3N3S2/c1-19(6-8-4-5-21-7-8)12-9(11(17)20)2-3-10(18-12)13(14,15)16/h2-5,7H,6H2,1H3,(H2,17,20). The number of nitrogens with zero attached hydrogens (tertiary/aromatic N) is 2. The maximum atomic E-state index is 12.8. The smallest absolute Gasteiger partial charge is 0.389 e.